The Balaban J connectivity index is 1.76. The van der Waals surface area contributed by atoms with Crippen molar-refractivity contribution in [3.8, 4) is 0 Å². The summed E-state index contributed by atoms with van der Waals surface area (Å²) >= 11 is 0. The van der Waals surface area contributed by atoms with E-state index in [9.17, 15) is 0 Å². The van der Waals surface area contributed by atoms with Crippen LogP contribution in [0.5, 0.6) is 0 Å². The highest BCUT2D eigenvalue weighted by Gasteiger charge is 2.29. The third kappa shape index (κ3) is 24.3. The van der Waals surface area contributed by atoms with Gasteiger partial charge in [-0.3, -0.25) is 0 Å². The van der Waals surface area contributed by atoms with Gasteiger partial charge in [-0.1, -0.05) is 285 Å². The second kappa shape index (κ2) is 35.7. The van der Waals surface area contributed by atoms with Gasteiger partial charge in [0.25, 0.3) is 0 Å². The Morgan fingerprint density at radius 1 is 0.293 bits per heavy atom. The molecule has 0 N–H and O–H groups in total. The zero-order valence-electron chi connectivity index (χ0n) is 37.8. The van der Waals surface area contributed by atoms with Crippen molar-refractivity contribution < 1.29 is 13.6 Å². The average molecular weight is 815 g/mol. The largest absolute Gasteiger partial charge is 0.334 e. The normalized spacial score (nSPS) is 13.7. The molecule has 3 unspecified atom stereocenters. The highest BCUT2D eigenvalue weighted by Crippen LogP contribution is 2.54. The van der Waals surface area contributed by atoms with Crippen molar-refractivity contribution in [2.45, 2.75) is 232 Å². The maximum Gasteiger partial charge on any atom is 0.334 e. The van der Waals surface area contributed by atoms with Crippen LogP contribution in [0, 0.1) is 0 Å². The SMILES string of the molecule is CCCCCCCCCCCC(OP(OC(CCCCCCCCCCC)c1ccccc1)OC(CCCCCCCCCCC)c1ccccc1)c1ccccc1. The molecule has 0 aromatic heterocycles. The molecule has 3 aromatic rings. The lowest BCUT2D eigenvalue weighted by molar-refractivity contribution is 0.0545. The molecule has 0 fully saturated rings. The zero-order valence-corrected chi connectivity index (χ0v) is 38.7. The van der Waals surface area contributed by atoms with E-state index in [4.69, 9.17) is 13.6 Å². The van der Waals surface area contributed by atoms with Gasteiger partial charge in [0.2, 0.25) is 0 Å². The van der Waals surface area contributed by atoms with Crippen LogP contribution in [0.2, 0.25) is 0 Å². The van der Waals surface area contributed by atoms with E-state index >= 15 is 0 Å². The molecule has 3 atom stereocenters. The highest BCUT2D eigenvalue weighted by atomic mass is 31.2. The maximum absolute atomic E-state index is 7.22. The van der Waals surface area contributed by atoms with Crippen molar-refractivity contribution in [2.24, 2.45) is 0 Å². The Labute approximate surface area is 360 Å². The molecule has 0 saturated heterocycles. The summed E-state index contributed by atoms with van der Waals surface area (Å²) in [4.78, 5) is 0. The standard InChI is InChI=1S/C54H87O3P/c1-4-7-10-13-16-19-22-25-37-46-52(49-40-31-28-32-41-49)55-58(56-53(50-42-33-29-34-43-50)47-38-26-23-20-17-14-11-8-5-2)57-54(51-44-35-30-36-45-51)48-39-27-24-21-18-15-12-9-6-3/h28-36,40-45,52-54H,4-27,37-39,46-48H2,1-3H3. The molecule has 0 heterocycles. The van der Waals surface area contributed by atoms with Crippen molar-refractivity contribution in [3.63, 3.8) is 0 Å². The van der Waals surface area contributed by atoms with E-state index in [1.54, 1.807) is 0 Å². The molecule has 0 aliphatic carbocycles. The molecular formula is C54H87O3P. The van der Waals surface area contributed by atoms with Crippen LogP contribution in [0.3, 0.4) is 0 Å². The second-order valence-electron chi connectivity index (χ2n) is 17.1. The van der Waals surface area contributed by atoms with E-state index in [0.29, 0.717) is 0 Å². The predicted octanol–water partition coefficient (Wildman–Crippen LogP) is 19.2. The van der Waals surface area contributed by atoms with Crippen LogP contribution < -0.4 is 0 Å². The highest BCUT2D eigenvalue weighted by molar-refractivity contribution is 7.41. The van der Waals surface area contributed by atoms with Crippen molar-refractivity contribution in [1.82, 2.24) is 0 Å². The van der Waals surface area contributed by atoms with E-state index in [2.05, 4.69) is 112 Å². The van der Waals surface area contributed by atoms with Crippen LogP contribution in [0.25, 0.3) is 0 Å². The van der Waals surface area contributed by atoms with E-state index in [1.807, 2.05) is 0 Å². The summed E-state index contributed by atoms with van der Waals surface area (Å²) < 4.78 is 21.6. The summed E-state index contributed by atoms with van der Waals surface area (Å²) in [5, 5.41) is 0. The van der Waals surface area contributed by atoms with E-state index < -0.39 is 8.60 Å². The lowest BCUT2D eigenvalue weighted by Gasteiger charge is -2.30. The molecule has 58 heavy (non-hydrogen) atoms. The van der Waals surface area contributed by atoms with Gasteiger partial charge in [0, 0.05) is 0 Å². The lowest BCUT2D eigenvalue weighted by atomic mass is 10.0. The average Bonchev–Trinajstić information content (AvgIpc) is 3.26. The summed E-state index contributed by atoms with van der Waals surface area (Å²) in [6.07, 6.45) is 38.3. The van der Waals surface area contributed by atoms with E-state index in [-0.39, 0.29) is 18.3 Å². The topological polar surface area (TPSA) is 27.7 Å². The molecule has 3 nitrogen and oxygen atoms in total. The van der Waals surface area contributed by atoms with Gasteiger partial charge >= 0.3 is 8.60 Å². The molecule has 0 amide bonds. The molecule has 0 radical (unpaired) electrons. The van der Waals surface area contributed by atoms with Gasteiger partial charge in [-0.2, -0.15) is 0 Å². The smallest absolute Gasteiger partial charge is 0.304 e. The molecule has 4 heteroatoms. The molecule has 0 aliphatic heterocycles. The van der Waals surface area contributed by atoms with E-state index in [1.165, 1.54) is 171 Å². The summed E-state index contributed by atoms with van der Waals surface area (Å²) in [7, 11) is -1.66. The van der Waals surface area contributed by atoms with Crippen molar-refractivity contribution in [3.05, 3.63) is 108 Å². The van der Waals surface area contributed by atoms with Crippen LogP contribution in [0.4, 0.5) is 0 Å². The van der Waals surface area contributed by atoms with Crippen LogP contribution in [-0.2, 0) is 13.6 Å². The third-order valence-corrected chi connectivity index (χ3v) is 13.1. The van der Waals surface area contributed by atoms with Crippen molar-refractivity contribution >= 4 is 8.60 Å². The molecular weight excluding hydrogens is 728 g/mol. The molecule has 0 spiro atoms. The van der Waals surface area contributed by atoms with Crippen LogP contribution >= 0.6 is 8.60 Å². The Bertz CT molecular complexity index is 1130. The van der Waals surface area contributed by atoms with Gasteiger partial charge in [-0.15, -0.1) is 0 Å². The summed E-state index contributed by atoms with van der Waals surface area (Å²) in [5.41, 5.74) is 3.69. The Morgan fingerprint density at radius 2 is 0.500 bits per heavy atom. The van der Waals surface area contributed by atoms with Gasteiger partial charge in [0.1, 0.15) is 0 Å². The van der Waals surface area contributed by atoms with Crippen molar-refractivity contribution in [2.75, 3.05) is 0 Å². The fraction of sp³-hybridized carbons (Fsp3) is 0.667. The second-order valence-corrected chi connectivity index (χ2v) is 18.2. The van der Waals surface area contributed by atoms with Gasteiger partial charge in [-0.05, 0) is 36.0 Å². The van der Waals surface area contributed by atoms with Gasteiger partial charge in [0.15, 0.2) is 0 Å². The number of unbranched alkanes of at least 4 members (excludes halogenated alkanes) is 24. The quantitative estimate of drug-likeness (QED) is 0.0424. The van der Waals surface area contributed by atoms with E-state index in [0.717, 1.165) is 38.5 Å². The Kier molecular flexibility index (Phi) is 31.0. The summed E-state index contributed by atoms with van der Waals surface area (Å²) in [6.45, 7) is 6.90. The first kappa shape index (κ1) is 50.3. The Hall–Kier alpha value is -2.03. The molecule has 0 saturated carbocycles. The Morgan fingerprint density at radius 3 is 0.724 bits per heavy atom. The van der Waals surface area contributed by atoms with Gasteiger partial charge < -0.3 is 13.6 Å². The molecule has 3 aromatic carbocycles. The monoisotopic (exact) mass is 815 g/mol. The first-order chi connectivity index (χ1) is 28.7. The van der Waals surface area contributed by atoms with Crippen LogP contribution in [0.1, 0.15) is 248 Å². The maximum atomic E-state index is 7.22. The number of rotatable bonds is 39. The van der Waals surface area contributed by atoms with Crippen molar-refractivity contribution in [1.29, 1.82) is 0 Å². The molecule has 326 valence electrons. The minimum atomic E-state index is -1.66. The lowest BCUT2D eigenvalue weighted by Crippen LogP contribution is -2.11. The van der Waals surface area contributed by atoms with Crippen LogP contribution in [-0.4, -0.2) is 0 Å². The first-order valence-corrected chi connectivity index (χ1v) is 25.8. The molecule has 3 rings (SSSR count). The van der Waals surface area contributed by atoms with Gasteiger partial charge in [-0.25, -0.2) is 0 Å². The predicted molar refractivity (Wildman–Crippen MR) is 253 cm³/mol. The summed E-state index contributed by atoms with van der Waals surface area (Å²) in [5.74, 6) is 0. The molecule has 0 bridgehead atoms. The minimum absolute atomic E-state index is 0.0647. The minimum Gasteiger partial charge on any atom is -0.304 e. The first-order valence-electron chi connectivity index (χ1n) is 24.7. The van der Waals surface area contributed by atoms with Gasteiger partial charge in [0.05, 0.1) is 18.3 Å². The number of benzene rings is 3. The fourth-order valence-electron chi connectivity index (χ4n) is 8.15. The summed E-state index contributed by atoms with van der Waals surface area (Å²) in [6, 6.07) is 32.7. The van der Waals surface area contributed by atoms with Crippen LogP contribution in [0.15, 0.2) is 91.0 Å². The molecule has 0 aliphatic rings. The number of hydrogen-bond acceptors (Lipinski definition) is 3. The fourth-order valence-corrected chi connectivity index (χ4v) is 9.60. The number of hydrogen-bond donors (Lipinski definition) is 0. The zero-order chi connectivity index (χ0) is 41.0. The third-order valence-electron chi connectivity index (χ3n) is 11.9.